The van der Waals surface area contributed by atoms with Crippen LogP contribution in [0.1, 0.15) is 30.9 Å². The maximum Gasteiger partial charge on any atom is 0.317 e. The summed E-state index contributed by atoms with van der Waals surface area (Å²) in [6.07, 6.45) is 2.07. The van der Waals surface area contributed by atoms with E-state index in [9.17, 15) is 4.79 Å². The molecule has 0 aliphatic carbocycles. The quantitative estimate of drug-likeness (QED) is 0.782. The summed E-state index contributed by atoms with van der Waals surface area (Å²) in [5.41, 5.74) is 2.57. The van der Waals surface area contributed by atoms with Crippen LogP contribution in [0.4, 0.5) is 5.69 Å². The lowest BCUT2D eigenvalue weighted by atomic mass is 9.73. The monoisotopic (exact) mass is 321 g/mol. The molecule has 0 spiro atoms. The fourth-order valence-electron chi connectivity index (χ4n) is 3.00. The average Bonchev–Trinajstić information content (AvgIpc) is 2.58. The zero-order valence-corrected chi connectivity index (χ0v) is 14.6. The number of hydrogen-bond donors (Lipinski definition) is 0. The van der Waals surface area contributed by atoms with Gasteiger partial charge < -0.3 is 9.64 Å². The highest BCUT2D eigenvalue weighted by Gasteiger charge is 2.42. The highest BCUT2D eigenvalue weighted by molar-refractivity contribution is 5.87. The zero-order valence-electron chi connectivity index (χ0n) is 14.6. The first-order chi connectivity index (χ1) is 11.4. The second-order valence-electron chi connectivity index (χ2n) is 6.97. The number of cyclic esters (lactones) is 1. The fraction of sp³-hybridized carbons (Fsp3) is 0.286. The number of carbonyl (C=O) groups excluding carboxylic acids is 1. The molecule has 3 rings (SSSR count). The molecule has 0 saturated heterocycles. The molecule has 0 aromatic heterocycles. The number of carbonyl (C=O) groups is 1. The third-order valence-electron chi connectivity index (χ3n) is 4.65. The third kappa shape index (κ3) is 2.94. The summed E-state index contributed by atoms with van der Waals surface area (Å²) in [7, 11) is 4.01. The van der Waals surface area contributed by atoms with E-state index >= 15 is 0 Å². The number of ether oxygens (including phenoxy) is 1. The number of hydrogen-bond acceptors (Lipinski definition) is 3. The van der Waals surface area contributed by atoms with Crippen LogP contribution in [0.5, 0.6) is 0 Å². The number of nitrogens with zero attached hydrogens (tertiary/aromatic N) is 1. The van der Waals surface area contributed by atoms with Crippen LogP contribution in [0, 0.1) is 5.41 Å². The van der Waals surface area contributed by atoms with Crippen LogP contribution in [-0.2, 0) is 9.53 Å². The number of rotatable bonds is 3. The zero-order chi connectivity index (χ0) is 17.3. The molecular formula is C21H23NO2. The Hall–Kier alpha value is -2.55. The van der Waals surface area contributed by atoms with Gasteiger partial charge in [-0.25, -0.2) is 0 Å². The van der Waals surface area contributed by atoms with Gasteiger partial charge in [-0.1, -0.05) is 30.3 Å². The minimum atomic E-state index is -0.589. The molecule has 1 aliphatic heterocycles. The van der Waals surface area contributed by atoms with Gasteiger partial charge in [-0.15, -0.1) is 0 Å². The molecule has 1 atom stereocenters. The molecule has 1 unspecified atom stereocenters. The SMILES string of the molecule is CN(C)c1ccc(C2=CC(c3ccccc3)C(C)(C)C(=O)O2)cc1. The molecule has 0 bridgehead atoms. The van der Waals surface area contributed by atoms with E-state index in [2.05, 4.69) is 18.2 Å². The van der Waals surface area contributed by atoms with E-state index in [-0.39, 0.29) is 11.9 Å². The lowest BCUT2D eigenvalue weighted by Gasteiger charge is -2.35. The van der Waals surface area contributed by atoms with Gasteiger partial charge in [-0.2, -0.15) is 0 Å². The third-order valence-corrected chi connectivity index (χ3v) is 4.65. The van der Waals surface area contributed by atoms with E-state index in [1.54, 1.807) is 0 Å². The highest BCUT2D eigenvalue weighted by atomic mass is 16.5. The molecule has 1 heterocycles. The Bertz CT molecular complexity index is 758. The number of allylic oxidation sites excluding steroid dienone is 1. The van der Waals surface area contributed by atoms with Crippen LogP contribution >= 0.6 is 0 Å². The molecule has 2 aromatic carbocycles. The van der Waals surface area contributed by atoms with Gasteiger partial charge in [0.25, 0.3) is 0 Å². The Morgan fingerprint density at radius 1 is 0.958 bits per heavy atom. The Balaban J connectivity index is 2.02. The van der Waals surface area contributed by atoms with Crippen LogP contribution in [0.15, 0.2) is 60.7 Å². The first-order valence-electron chi connectivity index (χ1n) is 8.16. The molecule has 0 N–H and O–H groups in total. The van der Waals surface area contributed by atoms with Crippen LogP contribution in [0.2, 0.25) is 0 Å². The summed E-state index contributed by atoms with van der Waals surface area (Å²) in [4.78, 5) is 14.6. The van der Waals surface area contributed by atoms with Crippen LogP contribution < -0.4 is 4.90 Å². The van der Waals surface area contributed by atoms with Gasteiger partial charge in [0.05, 0.1) is 5.41 Å². The largest absolute Gasteiger partial charge is 0.426 e. The molecular weight excluding hydrogens is 298 g/mol. The Morgan fingerprint density at radius 2 is 1.58 bits per heavy atom. The average molecular weight is 321 g/mol. The predicted molar refractivity (Wildman–Crippen MR) is 97.8 cm³/mol. The summed E-state index contributed by atoms with van der Waals surface area (Å²) < 4.78 is 5.65. The summed E-state index contributed by atoms with van der Waals surface area (Å²) in [5.74, 6) is 0.437. The smallest absolute Gasteiger partial charge is 0.317 e. The van der Waals surface area contributed by atoms with Crippen molar-refractivity contribution in [1.82, 2.24) is 0 Å². The minimum absolute atomic E-state index is 0.0107. The second kappa shape index (κ2) is 6.16. The van der Waals surface area contributed by atoms with Crippen LogP contribution in [0.3, 0.4) is 0 Å². The van der Waals surface area contributed by atoms with Crippen molar-refractivity contribution in [3.8, 4) is 0 Å². The van der Waals surface area contributed by atoms with E-state index in [1.807, 2.05) is 75.3 Å². The summed E-state index contributed by atoms with van der Waals surface area (Å²) in [5, 5.41) is 0. The van der Waals surface area contributed by atoms with Crippen molar-refractivity contribution in [3.63, 3.8) is 0 Å². The molecule has 0 amide bonds. The van der Waals surface area contributed by atoms with Crippen molar-refractivity contribution >= 4 is 17.4 Å². The number of benzene rings is 2. The lowest BCUT2D eigenvalue weighted by molar-refractivity contribution is -0.148. The van der Waals surface area contributed by atoms with Gasteiger partial charge in [-0.05, 0) is 49.8 Å². The fourth-order valence-corrected chi connectivity index (χ4v) is 3.00. The van der Waals surface area contributed by atoms with Crippen molar-refractivity contribution in [2.45, 2.75) is 19.8 Å². The van der Waals surface area contributed by atoms with Gasteiger partial charge in [0.2, 0.25) is 0 Å². The molecule has 3 heteroatoms. The Morgan fingerprint density at radius 3 is 2.17 bits per heavy atom. The molecule has 2 aromatic rings. The molecule has 0 saturated carbocycles. The summed E-state index contributed by atoms with van der Waals surface area (Å²) in [6, 6.07) is 18.2. The molecule has 1 aliphatic rings. The Labute approximate surface area is 143 Å². The van der Waals surface area contributed by atoms with E-state index in [1.165, 1.54) is 0 Å². The highest BCUT2D eigenvalue weighted by Crippen LogP contribution is 2.44. The van der Waals surface area contributed by atoms with E-state index in [4.69, 9.17) is 4.74 Å². The summed E-state index contributed by atoms with van der Waals surface area (Å²) >= 11 is 0. The number of anilines is 1. The predicted octanol–water partition coefficient (Wildman–Crippen LogP) is 4.46. The first-order valence-corrected chi connectivity index (χ1v) is 8.16. The Kier molecular flexibility index (Phi) is 4.18. The van der Waals surface area contributed by atoms with Gasteiger partial charge >= 0.3 is 5.97 Å². The lowest BCUT2D eigenvalue weighted by Crippen LogP contribution is -2.35. The van der Waals surface area contributed by atoms with Crippen LogP contribution in [0.25, 0.3) is 5.76 Å². The molecule has 24 heavy (non-hydrogen) atoms. The van der Waals surface area contributed by atoms with E-state index in [0.717, 1.165) is 16.8 Å². The second-order valence-corrected chi connectivity index (χ2v) is 6.97. The van der Waals surface area contributed by atoms with Gasteiger partial charge in [-0.3, -0.25) is 4.79 Å². The maximum atomic E-state index is 12.6. The number of esters is 1. The first kappa shape index (κ1) is 16.3. The van der Waals surface area contributed by atoms with E-state index in [0.29, 0.717) is 5.76 Å². The van der Waals surface area contributed by atoms with Gasteiger partial charge in [0, 0.05) is 31.3 Å². The van der Waals surface area contributed by atoms with Gasteiger partial charge in [0.15, 0.2) is 0 Å². The normalized spacial score (nSPS) is 19.4. The van der Waals surface area contributed by atoms with E-state index < -0.39 is 5.41 Å². The van der Waals surface area contributed by atoms with Gasteiger partial charge in [0.1, 0.15) is 5.76 Å². The van der Waals surface area contributed by atoms with Crippen molar-refractivity contribution < 1.29 is 9.53 Å². The standard InChI is InChI=1S/C21H23NO2/c1-21(2)18(15-8-6-5-7-9-15)14-19(24-20(21)23)16-10-12-17(13-11-16)22(3)4/h5-14,18H,1-4H3. The maximum absolute atomic E-state index is 12.6. The van der Waals surface area contributed by atoms with Crippen LogP contribution in [-0.4, -0.2) is 20.1 Å². The molecule has 124 valence electrons. The van der Waals surface area contributed by atoms with Crippen molar-refractivity contribution in [1.29, 1.82) is 0 Å². The molecule has 3 nitrogen and oxygen atoms in total. The van der Waals surface area contributed by atoms with Crippen molar-refractivity contribution in [2.75, 3.05) is 19.0 Å². The topological polar surface area (TPSA) is 29.5 Å². The summed E-state index contributed by atoms with van der Waals surface area (Å²) in [6.45, 7) is 3.88. The molecule has 0 radical (unpaired) electrons. The van der Waals surface area contributed by atoms with Crippen molar-refractivity contribution in [3.05, 3.63) is 71.8 Å². The minimum Gasteiger partial charge on any atom is -0.426 e. The molecule has 0 fully saturated rings. The van der Waals surface area contributed by atoms with Crippen molar-refractivity contribution in [2.24, 2.45) is 5.41 Å².